The Bertz CT molecular complexity index is 749. The molecule has 0 radical (unpaired) electrons. The third kappa shape index (κ3) is 2.68. The van der Waals surface area contributed by atoms with Gasteiger partial charge in [-0.3, -0.25) is 14.7 Å². The number of benzene rings is 1. The number of amides is 1. The minimum absolute atomic E-state index is 0.101. The van der Waals surface area contributed by atoms with E-state index < -0.39 is 0 Å². The van der Waals surface area contributed by atoms with Crippen LogP contribution in [0.25, 0.3) is 10.2 Å². The maximum Gasteiger partial charge on any atom is 0.260 e. The largest absolute Gasteiger partial charge is 0.280 e. The summed E-state index contributed by atoms with van der Waals surface area (Å²) >= 11 is 1.50. The Morgan fingerprint density at radius 1 is 1.24 bits per heavy atom. The first-order valence-corrected chi connectivity index (χ1v) is 7.29. The molecular formula is C16H13N3OS. The Morgan fingerprint density at radius 3 is 2.71 bits per heavy atom. The SMILES string of the molecule is C=CCN(C(=O)c1ccncc1)c1nc2ccccc2s1. The smallest absolute Gasteiger partial charge is 0.260 e. The molecule has 2 aromatic heterocycles. The van der Waals surface area contributed by atoms with E-state index in [1.807, 2.05) is 24.3 Å². The molecule has 0 aliphatic rings. The summed E-state index contributed by atoms with van der Waals surface area (Å²) in [6, 6.07) is 11.2. The van der Waals surface area contributed by atoms with Gasteiger partial charge in [-0.05, 0) is 24.3 Å². The predicted octanol–water partition coefficient (Wildman–Crippen LogP) is 3.52. The van der Waals surface area contributed by atoms with Crippen LogP contribution in [-0.4, -0.2) is 22.4 Å². The number of nitrogens with zero attached hydrogens (tertiary/aromatic N) is 3. The van der Waals surface area contributed by atoms with Crippen LogP contribution in [0.5, 0.6) is 0 Å². The molecule has 0 atom stereocenters. The van der Waals surface area contributed by atoms with Crippen molar-refractivity contribution in [3.05, 3.63) is 67.0 Å². The standard InChI is InChI=1S/C16H13N3OS/c1-2-11-19(15(20)12-7-9-17-10-8-12)16-18-13-5-3-4-6-14(13)21-16/h2-10H,1,11H2. The molecule has 3 rings (SSSR count). The molecule has 0 aliphatic carbocycles. The predicted molar refractivity (Wildman–Crippen MR) is 85.7 cm³/mol. The summed E-state index contributed by atoms with van der Waals surface area (Å²) in [6.07, 6.45) is 4.92. The van der Waals surface area contributed by atoms with Crippen LogP contribution in [0.3, 0.4) is 0 Å². The van der Waals surface area contributed by atoms with E-state index in [0.717, 1.165) is 10.2 Å². The molecule has 21 heavy (non-hydrogen) atoms. The minimum Gasteiger partial charge on any atom is -0.280 e. The summed E-state index contributed by atoms with van der Waals surface area (Å²) in [4.78, 5) is 22.7. The third-order valence-electron chi connectivity index (χ3n) is 3.00. The van der Waals surface area contributed by atoms with Gasteiger partial charge in [-0.1, -0.05) is 29.5 Å². The molecule has 2 heterocycles. The lowest BCUT2D eigenvalue weighted by Gasteiger charge is -2.17. The fourth-order valence-electron chi connectivity index (χ4n) is 2.00. The maximum atomic E-state index is 12.6. The van der Waals surface area contributed by atoms with Crippen LogP contribution in [0, 0.1) is 0 Å². The summed E-state index contributed by atoms with van der Waals surface area (Å²) in [5.74, 6) is -0.101. The van der Waals surface area contributed by atoms with E-state index in [-0.39, 0.29) is 5.91 Å². The highest BCUT2D eigenvalue weighted by molar-refractivity contribution is 7.22. The second kappa shape index (κ2) is 5.85. The van der Waals surface area contributed by atoms with Crippen molar-refractivity contribution in [1.82, 2.24) is 9.97 Å². The van der Waals surface area contributed by atoms with E-state index in [9.17, 15) is 4.79 Å². The van der Waals surface area contributed by atoms with Gasteiger partial charge in [0.2, 0.25) is 0 Å². The average molecular weight is 295 g/mol. The zero-order valence-electron chi connectivity index (χ0n) is 11.3. The van der Waals surface area contributed by atoms with Crippen LogP contribution >= 0.6 is 11.3 Å². The first-order chi connectivity index (χ1) is 10.3. The number of anilines is 1. The van der Waals surface area contributed by atoms with Gasteiger partial charge in [0.25, 0.3) is 5.91 Å². The molecule has 0 bridgehead atoms. The molecule has 0 N–H and O–H groups in total. The molecule has 0 saturated carbocycles. The number of hydrogen-bond donors (Lipinski definition) is 0. The molecular weight excluding hydrogens is 282 g/mol. The summed E-state index contributed by atoms with van der Waals surface area (Å²) in [6.45, 7) is 4.14. The second-order valence-corrected chi connectivity index (χ2v) is 5.41. The van der Waals surface area contributed by atoms with Gasteiger partial charge < -0.3 is 0 Å². The highest BCUT2D eigenvalue weighted by Crippen LogP contribution is 2.29. The van der Waals surface area contributed by atoms with Crippen LogP contribution < -0.4 is 4.90 Å². The number of rotatable bonds is 4. The van der Waals surface area contributed by atoms with E-state index in [4.69, 9.17) is 0 Å². The molecule has 1 amide bonds. The quantitative estimate of drug-likeness (QED) is 0.692. The Kier molecular flexibility index (Phi) is 3.75. The summed E-state index contributed by atoms with van der Waals surface area (Å²) in [5, 5.41) is 0.679. The minimum atomic E-state index is -0.101. The molecule has 0 fully saturated rings. The first-order valence-electron chi connectivity index (χ1n) is 6.48. The van der Waals surface area contributed by atoms with Crippen molar-refractivity contribution in [1.29, 1.82) is 0 Å². The van der Waals surface area contributed by atoms with E-state index in [1.165, 1.54) is 11.3 Å². The fourth-order valence-corrected chi connectivity index (χ4v) is 2.98. The number of pyridine rings is 1. The third-order valence-corrected chi connectivity index (χ3v) is 4.06. The summed E-state index contributed by atoms with van der Waals surface area (Å²) in [7, 11) is 0. The van der Waals surface area contributed by atoms with E-state index in [1.54, 1.807) is 35.5 Å². The number of carbonyl (C=O) groups excluding carboxylic acids is 1. The lowest BCUT2D eigenvalue weighted by atomic mass is 10.2. The molecule has 3 aromatic rings. The number of fused-ring (bicyclic) bond motifs is 1. The van der Waals surface area contributed by atoms with Crippen molar-refractivity contribution in [3.63, 3.8) is 0 Å². The first kappa shape index (κ1) is 13.5. The molecule has 0 spiro atoms. The molecule has 0 saturated heterocycles. The molecule has 104 valence electrons. The maximum absolute atomic E-state index is 12.6. The van der Waals surface area contributed by atoms with Crippen molar-refractivity contribution in [2.45, 2.75) is 0 Å². The number of carbonyl (C=O) groups is 1. The lowest BCUT2D eigenvalue weighted by molar-refractivity contribution is 0.0989. The van der Waals surface area contributed by atoms with Gasteiger partial charge in [0, 0.05) is 24.5 Å². The van der Waals surface area contributed by atoms with E-state index in [2.05, 4.69) is 16.5 Å². The van der Waals surface area contributed by atoms with Crippen LogP contribution in [0.4, 0.5) is 5.13 Å². The second-order valence-electron chi connectivity index (χ2n) is 4.40. The average Bonchev–Trinajstić information content (AvgIpc) is 2.96. The Labute approximate surface area is 126 Å². The topological polar surface area (TPSA) is 46.1 Å². The van der Waals surface area contributed by atoms with Crippen LogP contribution in [0.1, 0.15) is 10.4 Å². The van der Waals surface area contributed by atoms with E-state index in [0.29, 0.717) is 17.2 Å². The zero-order valence-corrected chi connectivity index (χ0v) is 12.1. The number of thiazole rings is 1. The highest BCUT2D eigenvalue weighted by atomic mass is 32.1. The molecule has 4 nitrogen and oxygen atoms in total. The van der Waals surface area contributed by atoms with Gasteiger partial charge in [0.05, 0.1) is 10.2 Å². The fraction of sp³-hybridized carbons (Fsp3) is 0.0625. The van der Waals surface area contributed by atoms with Crippen molar-refractivity contribution in [2.24, 2.45) is 0 Å². The van der Waals surface area contributed by atoms with Gasteiger partial charge in [0.15, 0.2) is 5.13 Å². The monoisotopic (exact) mass is 295 g/mol. The molecule has 5 heteroatoms. The number of aromatic nitrogens is 2. The van der Waals surface area contributed by atoms with Crippen LogP contribution in [0.15, 0.2) is 61.4 Å². The van der Waals surface area contributed by atoms with Gasteiger partial charge in [-0.25, -0.2) is 4.98 Å². The summed E-state index contributed by atoms with van der Waals surface area (Å²) in [5.41, 5.74) is 1.49. The Hall–Kier alpha value is -2.53. The van der Waals surface area contributed by atoms with Crippen molar-refractivity contribution in [2.75, 3.05) is 11.4 Å². The Balaban J connectivity index is 2.01. The Morgan fingerprint density at radius 2 is 2.00 bits per heavy atom. The van der Waals surface area contributed by atoms with Crippen molar-refractivity contribution in [3.8, 4) is 0 Å². The molecule has 0 unspecified atom stereocenters. The lowest BCUT2D eigenvalue weighted by Crippen LogP contribution is -2.30. The molecule has 1 aromatic carbocycles. The zero-order chi connectivity index (χ0) is 14.7. The van der Waals surface area contributed by atoms with Gasteiger partial charge in [-0.2, -0.15) is 0 Å². The van der Waals surface area contributed by atoms with Gasteiger partial charge in [-0.15, -0.1) is 6.58 Å². The van der Waals surface area contributed by atoms with Crippen LogP contribution in [-0.2, 0) is 0 Å². The highest BCUT2D eigenvalue weighted by Gasteiger charge is 2.19. The van der Waals surface area contributed by atoms with Crippen molar-refractivity contribution >= 4 is 32.6 Å². The van der Waals surface area contributed by atoms with Crippen LogP contribution in [0.2, 0.25) is 0 Å². The molecule has 0 aliphatic heterocycles. The van der Waals surface area contributed by atoms with Gasteiger partial charge >= 0.3 is 0 Å². The summed E-state index contributed by atoms with van der Waals surface area (Å²) < 4.78 is 1.06. The van der Waals surface area contributed by atoms with Crippen molar-refractivity contribution < 1.29 is 4.79 Å². The number of para-hydroxylation sites is 1. The van der Waals surface area contributed by atoms with E-state index >= 15 is 0 Å². The van der Waals surface area contributed by atoms with Gasteiger partial charge in [0.1, 0.15) is 0 Å². The normalized spacial score (nSPS) is 10.5. The number of hydrogen-bond acceptors (Lipinski definition) is 4.